The van der Waals surface area contributed by atoms with Crippen LogP contribution in [0, 0.1) is 0 Å². The maximum atomic E-state index is 13.3. The first-order valence-corrected chi connectivity index (χ1v) is 12.4. The second-order valence-corrected chi connectivity index (χ2v) is 8.64. The number of amides is 1. The van der Waals surface area contributed by atoms with Gasteiger partial charge >= 0.3 is 0 Å². The first kappa shape index (κ1) is 23.3. The molecule has 0 spiro atoms. The molecule has 1 aliphatic rings. The second-order valence-electron chi connectivity index (χ2n) is 7.01. The molecule has 1 unspecified atom stereocenters. The molecule has 3 aromatic rings. The van der Waals surface area contributed by atoms with Crippen molar-refractivity contribution in [1.82, 2.24) is 15.2 Å². The van der Waals surface area contributed by atoms with Gasteiger partial charge < -0.3 is 14.2 Å². The summed E-state index contributed by atoms with van der Waals surface area (Å²) >= 11 is 5.00. The molecule has 0 saturated carbocycles. The van der Waals surface area contributed by atoms with Crippen molar-refractivity contribution in [2.24, 2.45) is 0 Å². The zero-order valence-corrected chi connectivity index (χ0v) is 21.1. The van der Waals surface area contributed by atoms with Crippen LogP contribution in [0.5, 0.6) is 17.4 Å². The fourth-order valence-corrected chi connectivity index (χ4v) is 4.43. The third-order valence-corrected chi connectivity index (χ3v) is 6.34. The molecule has 1 atom stereocenters. The molecule has 2 heterocycles. The maximum absolute atomic E-state index is 13.3. The Balaban J connectivity index is 1.98. The van der Waals surface area contributed by atoms with Crippen LogP contribution in [-0.4, -0.2) is 41.1 Å². The predicted octanol–water partition coefficient (Wildman–Crippen LogP) is 5.26. The summed E-state index contributed by atoms with van der Waals surface area (Å²) in [7, 11) is 1.58. The third-order valence-electron chi connectivity index (χ3n) is 5.11. The van der Waals surface area contributed by atoms with E-state index in [-0.39, 0.29) is 12.3 Å². The molecule has 0 N–H and O–H groups in total. The summed E-state index contributed by atoms with van der Waals surface area (Å²) in [5.74, 6) is 1.32. The summed E-state index contributed by atoms with van der Waals surface area (Å²) in [5, 5.41) is 9.05. The van der Waals surface area contributed by atoms with E-state index in [2.05, 4.69) is 31.1 Å². The van der Waals surface area contributed by atoms with E-state index in [9.17, 15) is 4.79 Å². The van der Waals surface area contributed by atoms with Crippen LogP contribution in [0.15, 0.2) is 46.0 Å². The topological polar surface area (TPSA) is 86.7 Å². The largest absolute Gasteiger partial charge is 0.493 e. The van der Waals surface area contributed by atoms with Crippen molar-refractivity contribution in [2.75, 3.05) is 24.9 Å². The Morgan fingerprint density at radius 3 is 2.70 bits per heavy atom. The Hall–Kier alpha value is -2.85. The van der Waals surface area contributed by atoms with Gasteiger partial charge in [0, 0.05) is 22.0 Å². The van der Waals surface area contributed by atoms with Crippen molar-refractivity contribution in [3.63, 3.8) is 0 Å². The first-order valence-electron chi connectivity index (χ1n) is 10.4. The molecule has 0 radical (unpaired) electrons. The standard InChI is InChI=1S/C23H23BrN4O4S/c1-5-19(29)28-16-10-8-7-9-13(16)20-21(25-23(33-4)27-26-20)32-22(28)14-11-18(31-6-2)17(30-3)12-15(14)24/h7-12,22H,5-6H2,1-4H3. The predicted molar refractivity (Wildman–Crippen MR) is 130 cm³/mol. The molecule has 8 nitrogen and oxygen atoms in total. The average Bonchev–Trinajstić information content (AvgIpc) is 2.98. The summed E-state index contributed by atoms with van der Waals surface area (Å²) in [6, 6.07) is 11.2. The van der Waals surface area contributed by atoms with E-state index in [1.54, 1.807) is 12.0 Å². The number of aromatic nitrogens is 3. The number of thioether (sulfide) groups is 1. The van der Waals surface area contributed by atoms with Crippen LogP contribution in [0.25, 0.3) is 11.3 Å². The molecule has 172 valence electrons. The zero-order chi connectivity index (χ0) is 23.5. The van der Waals surface area contributed by atoms with Crippen LogP contribution >= 0.6 is 27.7 Å². The fraction of sp³-hybridized carbons (Fsp3) is 0.304. The number of methoxy groups -OCH3 is 1. The van der Waals surface area contributed by atoms with Gasteiger partial charge in [-0.05, 0) is 31.4 Å². The average molecular weight is 531 g/mol. The normalized spacial score (nSPS) is 14.6. The number of halogens is 1. The Morgan fingerprint density at radius 1 is 1.21 bits per heavy atom. The molecule has 1 amide bonds. The first-order chi connectivity index (χ1) is 16.0. The summed E-state index contributed by atoms with van der Waals surface area (Å²) in [6.45, 7) is 4.17. The van der Waals surface area contributed by atoms with Crippen LogP contribution in [0.3, 0.4) is 0 Å². The fourth-order valence-electron chi connectivity index (χ4n) is 3.61. The number of nitrogens with zero attached hydrogens (tertiary/aromatic N) is 4. The molecule has 2 aromatic carbocycles. The summed E-state index contributed by atoms with van der Waals surface area (Å²) in [5.41, 5.74) is 2.56. The lowest BCUT2D eigenvalue weighted by Crippen LogP contribution is -2.37. The Kier molecular flexibility index (Phi) is 7.04. The Morgan fingerprint density at radius 2 is 2.00 bits per heavy atom. The van der Waals surface area contributed by atoms with E-state index in [4.69, 9.17) is 14.2 Å². The molecule has 0 bridgehead atoms. The highest BCUT2D eigenvalue weighted by Gasteiger charge is 2.36. The van der Waals surface area contributed by atoms with Crippen molar-refractivity contribution < 1.29 is 19.0 Å². The van der Waals surface area contributed by atoms with Crippen LogP contribution in [-0.2, 0) is 4.79 Å². The quantitative estimate of drug-likeness (QED) is 0.398. The van der Waals surface area contributed by atoms with Crippen LogP contribution in [0.4, 0.5) is 5.69 Å². The molecule has 0 aliphatic carbocycles. The molecule has 0 saturated heterocycles. The van der Waals surface area contributed by atoms with Gasteiger partial charge in [-0.3, -0.25) is 9.69 Å². The van der Waals surface area contributed by atoms with Gasteiger partial charge in [-0.25, -0.2) is 0 Å². The zero-order valence-electron chi connectivity index (χ0n) is 18.7. The van der Waals surface area contributed by atoms with Gasteiger partial charge in [-0.1, -0.05) is 52.8 Å². The molecular weight excluding hydrogens is 508 g/mol. The number of fused-ring (bicyclic) bond motifs is 3. The van der Waals surface area contributed by atoms with Gasteiger partial charge in [0.25, 0.3) is 0 Å². The number of carbonyl (C=O) groups is 1. The summed E-state index contributed by atoms with van der Waals surface area (Å²) < 4.78 is 18.4. The van der Waals surface area contributed by atoms with Gasteiger partial charge in [0.1, 0.15) is 0 Å². The number of para-hydroxylation sites is 1. The third kappa shape index (κ3) is 4.37. The molecule has 33 heavy (non-hydrogen) atoms. The number of carbonyl (C=O) groups excluding carboxylic acids is 1. The van der Waals surface area contributed by atoms with Crippen molar-refractivity contribution in [3.8, 4) is 28.6 Å². The van der Waals surface area contributed by atoms with Crippen LogP contribution in [0.2, 0.25) is 0 Å². The molecule has 1 aromatic heterocycles. The lowest BCUT2D eigenvalue weighted by Gasteiger charge is -2.31. The Labute approximate surface area is 204 Å². The highest BCUT2D eigenvalue weighted by atomic mass is 79.9. The monoisotopic (exact) mass is 530 g/mol. The molecular formula is C23H23BrN4O4S. The van der Waals surface area contributed by atoms with Crippen molar-refractivity contribution >= 4 is 39.3 Å². The highest BCUT2D eigenvalue weighted by Crippen LogP contribution is 2.46. The van der Waals surface area contributed by atoms with Crippen LogP contribution in [0.1, 0.15) is 32.1 Å². The second kappa shape index (κ2) is 9.96. The Bertz CT molecular complexity index is 1190. The van der Waals surface area contributed by atoms with Gasteiger partial charge in [-0.15, -0.1) is 10.2 Å². The minimum absolute atomic E-state index is 0.112. The van der Waals surface area contributed by atoms with Crippen LogP contribution < -0.4 is 19.1 Å². The lowest BCUT2D eigenvalue weighted by atomic mass is 10.1. The minimum atomic E-state index is -0.828. The number of benzene rings is 2. The molecule has 10 heteroatoms. The number of anilines is 1. The van der Waals surface area contributed by atoms with E-state index >= 15 is 0 Å². The molecule has 4 rings (SSSR count). The smallest absolute Gasteiger partial charge is 0.247 e. The number of rotatable bonds is 6. The SMILES string of the molecule is CCOc1cc(C2Oc3nc(SC)nnc3-c3ccccc3N2C(=O)CC)c(Br)cc1OC. The van der Waals surface area contributed by atoms with Crippen molar-refractivity contribution in [3.05, 3.63) is 46.4 Å². The highest BCUT2D eigenvalue weighted by molar-refractivity contribution is 9.10. The van der Waals surface area contributed by atoms with E-state index < -0.39 is 6.23 Å². The van der Waals surface area contributed by atoms with Crippen molar-refractivity contribution in [2.45, 2.75) is 31.7 Å². The number of ether oxygens (including phenoxy) is 3. The van der Waals surface area contributed by atoms with Crippen molar-refractivity contribution in [1.29, 1.82) is 0 Å². The maximum Gasteiger partial charge on any atom is 0.247 e. The molecule has 1 aliphatic heterocycles. The van der Waals surface area contributed by atoms with Gasteiger partial charge in [-0.2, -0.15) is 4.98 Å². The van der Waals surface area contributed by atoms with Gasteiger partial charge in [0.05, 0.1) is 19.4 Å². The van der Waals surface area contributed by atoms with E-state index in [0.29, 0.717) is 50.6 Å². The summed E-state index contributed by atoms with van der Waals surface area (Å²) in [4.78, 5) is 19.5. The van der Waals surface area contributed by atoms with Gasteiger partial charge in [0.15, 0.2) is 17.2 Å². The minimum Gasteiger partial charge on any atom is -0.493 e. The lowest BCUT2D eigenvalue weighted by molar-refractivity contribution is -0.120. The van der Waals surface area contributed by atoms with Gasteiger partial charge in [0.2, 0.25) is 23.2 Å². The number of hydrogen-bond acceptors (Lipinski definition) is 8. The number of hydrogen-bond donors (Lipinski definition) is 0. The van der Waals surface area contributed by atoms with E-state index in [1.807, 2.05) is 56.5 Å². The van der Waals surface area contributed by atoms with E-state index in [1.165, 1.54) is 11.8 Å². The summed E-state index contributed by atoms with van der Waals surface area (Å²) in [6.07, 6.45) is 1.32. The molecule has 0 fully saturated rings. The van der Waals surface area contributed by atoms with E-state index in [0.717, 1.165) is 5.56 Å².